The molecular formula is C19H24N2O. The molecule has 1 aromatic carbocycles. The van der Waals surface area contributed by atoms with Crippen molar-refractivity contribution in [2.24, 2.45) is 0 Å². The van der Waals surface area contributed by atoms with Gasteiger partial charge in [-0.1, -0.05) is 18.2 Å². The van der Waals surface area contributed by atoms with Crippen LogP contribution in [0.3, 0.4) is 0 Å². The fraction of sp³-hybridized carbons (Fsp3) is 0.421. The Labute approximate surface area is 132 Å². The van der Waals surface area contributed by atoms with Crippen LogP contribution in [-0.4, -0.2) is 17.0 Å². The van der Waals surface area contributed by atoms with Gasteiger partial charge in [-0.3, -0.25) is 4.79 Å². The molecule has 116 valence electrons. The Kier molecular flexibility index (Phi) is 3.81. The predicted molar refractivity (Wildman–Crippen MR) is 90.7 cm³/mol. The number of hydrogen-bond donors (Lipinski definition) is 0. The van der Waals surface area contributed by atoms with Crippen molar-refractivity contribution >= 4 is 11.6 Å². The minimum Gasteiger partial charge on any atom is -0.346 e. The van der Waals surface area contributed by atoms with E-state index in [2.05, 4.69) is 50.5 Å². The highest BCUT2D eigenvalue weighted by atomic mass is 16.2. The van der Waals surface area contributed by atoms with E-state index in [1.165, 1.54) is 5.56 Å². The second-order valence-corrected chi connectivity index (χ2v) is 6.44. The molecule has 3 heteroatoms. The van der Waals surface area contributed by atoms with E-state index in [1.54, 1.807) is 0 Å². The molecule has 1 aliphatic heterocycles. The smallest absolute Gasteiger partial charge is 0.260 e. The molecule has 3 nitrogen and oxygen atoms in total. The van der Waals surface area contributed by atoms with Crippen molar-refractivity contribution in [3.63, 3.8) is 0 Å². The summed E-state index contributed by atoms with van der Waals surface area (Å²) >= 11 is 0. The number of benzene rings is 1. The lowest BCUT2D eigenvalue weighted by atomic mass is 10.0. The van der Waals surface area contributed by atoms with E-state index in [0.717, 1.165) is 42.0 Å². The number of carbonyl (C=O) groups excluding carboxylic acids is 1. The number of rotatable bonds is 2. The number of anilines is 1. The van der Waals surface area contributed by atoms with E-state index >= 15 is 0 Å². The van der Waals surface area contributed by atoms with E-state index < -0.39 is 0 Å². The molecule has 0 saturated carbocycles. The molecule has 0 bridgehead atoms. The van der Waals surface area contributed by atoms with Gasteiger partial charge in [-0.25, -0.2) is 0 Å². The van der Waals surface area contributed by atoms with Crippen molar-refractivity contribution in [1.29, 1.82) is 0 Å². The molecule has 0 spiro atoms. The molecule has 1 aromatic heterocycles. The quantitative estimate of drug-likeness (QED) is 0.812. The summed E-state index contributed by atoms with van der Waals surface area (Å²) in [6.07, 6.45) is 2.09. The van der Waals surface area contributed by atoms with Crippen LogP contribution >= 0.6 is 0 Å². The lowest BCUT2D eigenvalue weighted by Crippen LogP contribution is -2.35. The third-order valence-corrected chi connectivity index (χ3v) is 4.59. The Morgan fingerprint density at radius 1 is 1.18 bits per heavy atom. The second kappa shape index (κ2) is 5.64. The first-order valence-corrected chi connectivity index (χ1v) is 8.09. The number of para-hydroxylation sites is 1. The average Bonchev–Trinajstić information content (AvgIpc) is 2.81. The molecule has 0 N–H and O–H groups in total. The van der Waals surface area contributed by atoms with Gasteiger partial charge >= 0.3 is 0 Å². The van der Waals surface area contributed by atoms with Gasteiger partial charge in [-0.05, 0) is 58.2 Å². The number of carbonyl (C=O) groups is 1. The van der Waals surface area contributed by atoms with Gasteiger partial charge in [0.2, 0.25) is 0 Å². The van der Waals surface area contributed by atoms with Crippen LogP contribution in [0, 0.1) is 13.8 Å². The maximum Gasteiger partial charge on any atom is 0.260 e. The van der Waals surface area contributed by atoms with Gasteiger partial charge in [-0.2, -0.15) is 0 Å². The van der Waals surface area contributed by atoms with Crippen molar-refractivity contribution in [3.8, 4) is 0 Å². The van der Waals surface area contributed by atoms with Crippen molar-refractivity contribution < 1.29 is 4.79 Å². The van der Waals surface area contributed by atoms with Crippen LogP contribution in [0.5, 0.6) is 0 Å². The van der Waals surface area contributed by atoms with Crippen LogP contribution in [-0.2, 0) is 6.42 Å². The highest BCUT2D eigenvalue weighted by molar-refractivity contribution is 6.07. The molecule has 0 fully saturated rings. The van der Waals surface area contributed by atoms with Gasteiger partial charge in [0.25, 0.3) is 5.91 Å². The number of nitrogens with zero attached hydrogens (tertiary/aromatic N) is 2. The Hall–Kier alpha value is -2.03. The summed E-state index contributed by atoms with van der Waals surface area (Å²) in [5.41, 5.74) is 5.41. The van der Waals surface area contributed by atoms with E-state index in [1.807, 2.05) is 17.0 Å². The van der Waals surface area contributed by atoms with Gasteiger partial charge in [0.05, 0.1) is 5.56 Å². The van der Waals surface area contributed by atoms with Gasteiger partial charge in [0, 0.05) is 29.7 Å². The number of amides is 1. The third kappa shape index (κ3) is 2.35. The third-order valence-electron chi connectivity index (χ3n) is 4.59. The van der Waals surface area contributed by atoms with E-state index in [-0.39, 0.29) is 5.91 Å². The molecule has 2 heterocycles. The van der Waals surface area contributed by atoms with E-state index in [9.17, 15) is 4.79 Å². The van der Waals surface area contributed by atoms with Crippen LogP contribution in [0.4, 0.5) is 5.69 Å². The minimum atomic E-state index is 0.132. The monoisotopic (exact) mass is 296 g/mol. The minimum absolute atomic E-state index is 0.132. The van der Waals surface area contributed by atoms with Crippen molar-refractivity contribution in [3.05, 3.63) is 52.8 Å². The number of hydrogen-bond acceptors (Lipinski definition) is 1. The zero-order valence-electron chi connectivity index (χ0n) is 13.9. The Morgan fingerprint density at radius 3 is 2.59 bits per heavy atom. The number of aromatic nitrogens is 1. The number of aryl methyl sites for hydroxylation is 2. The van der Waals surface area contributed by atoms with Crippen LogP contribution in [0.25, 0.3) is 0 Å². The fourth-order valence-electron chi connectivity index (χ4n) is 3.68. The topological polar surface area (TPSA) is 25.2 Å². The molecule has 1 amide bonds. The Bertz CT molecular complexity index is 712. The maximum atomic E-state index is 13.1. The normalized spacial score (nSPS) is 14.3. The van der Waals surface area contributed by atoms with Crippen molar-refractivity contribution in [1.82, 2.24) is 4.57 Å². The highest BCUT2D eigenvalue weighted by Crippen LogP contribution is 2.30. The van der Waals surface area contributed by atoms with Gasteiger partial charge in [0.1, 0.15) is 0 Å². The van der Waals surface area contributed by atoms with E-state index in [0.29, 0.717) is 6.04 Å². The lowest BCUT2D eigenvalue weighted by Gasteiger charge is -2.29. The zero-order chi connectivity index (χ0) is 15.9. The molecular weight excluding hydrogens is 272 g/mol. The standard InChI is InChI=1S/C19H24N2O/c1-13(2)21-14(3)12-17(15(21)4)19(22)20-11-7-9-16-8-5-6-10-18(16)20/h5-6,8,10,12-13H,7,9,11H2,1-4H3. The summed E-state index contributed by atoms with van der Waals surface area (Å²) in [7, 11) is 0. The molecule has 1 aliphatic rings. The summed E-state index contributed by atoms with van der Waals surface area (Å²) in [6, 6.07) is 10.7. The lowest BCUT2D eigenvalue weighted by molar-refractivity contribution is 0.0984. The van der Waals surface area contributed by atoms with Gasteiger partial charge in [0.15, 0.2) is 0 Å². The second-order valence-electron chi connectivity index (χ2n) is 6.44. The zero-order valence-corrected chi connectivity index (χ0v) is 13.9. The average molecular weight is 296 g/mol. The Morgan fingerprint density at radius 2 is 1.91 bits per heavy atom. The molecule has 3 rings (SSSR count). The summed E-state index contributed by atoms with van der Waals surface area (Å²) in [4.78, 5) is 15.0. The first-order chi connectivity index (χ1) is 10.5. The van der Waals surface area contributed by atoms with Crippen LogP contribution in [0.15, 0.2) is 30.3 Å². The van der Waals surface area contributed by atoms with Crippen LogP contribution < -0.4 is 4.90 Å². The van der Waals surface area contributed by atoms with Crippen LogP contribution in [0.1, 0.15) is 53.6 Å². The molecule has 0 saturated heterocycles. The largest absolute Gasteiger partial charge is 0.346 e. The summed E-state index contributed by atoms with van der Waals surface area (Å²) in [6.45, 7) is 9.25. The van der Waals surface area contributed by atoms with Gasteiger partial charge in [-0.15, -0.1) is 0 Å². The van der Waals surface area contributed by atoms with E-state index in [4.69, 9.17) is 0 Å². The first kappa shape index (κ1) is 14.9. The summed E-state index contributed by atoms with van der Waals surface area (Å²) in [5.74, 6) is 0.132. The molecule has 0 unspecified atom stereocenters. The fourth-order valence-corrected chi connectivity index (χ4v) is 3.68. The molecule has 2 aromatic rings. The summed E-state index contributed by atoms with van der Waals surface area (Å²) in [5, 5.41) is 0. The highest BCUT2D eigenvalue weighted by Gasteiger charge is 2.26. The molecule has 0 aliphatic carbocycles. The van der Waals surface area contributed by atoms with Crippen LogP contribution in [0.2, 0.25) is 0 Å². The summed E-state index contributed by atoms with van der Waals surface area (Å²) < 4.78 is 2.24. The van der Waals surface area contributed by atoms with Gasteiger partial charge < -0.3 is 9.47 Å². The first-order valence-electron chi connectivity index (χ1n) is 8.09. The van der Waals surface area contributed by atoms with Crippen molar-refractivity contribution in [2.45, 2.75) is 46.6 Å². The number of fused-ring (bicyclic) bond motifs is 1. The predicted octanol–water partition coefficient (Wildman–Crippen LogP) is 4.28. The molecule has 0 radical (unpaired) electrons. The molecule has 22 heavy (non-hydrogen) atoms. The Balaban J connectivity index is 2.01. The molecule has 0 atom stereocenters. The maximum absolute atomic E-state index is 13.1. The van der Waals surface area contributed by atoms with Crippen molar-refractivity contribution in [2.75, 3.05) is 11.4 Å². The SMILES string of the molecule is Cc1cc(C(=O)N2CCCc3ccccc32)c(C)n1C(C)C.